The number of nitrogens with zero attached hydrogens (tertiary/aromatic N) is 1. The smallest absolute Gasteiger partial charge is 0.312 e. The molecule has 1 aromatic rings. The molecule has 1 heterocycles. The van der Waals surface area contributed by atoms with Gasteiger partial charge in [-0.15, -0.1) is 12.6 Å². The Morgan fingerprint density at radius 1 is 1.40 bits per heavy atom. The van der Waals surface area contributed by atoms with Crippen LogP contribution in [0.1, 0.15) is 31.4 Å². The van der Waals surface area contributed by atoms with E-state index in [1.807, 2.05) is 23.1 Å². The van der Waals surface area contributed by atoms with Crippen molar-refractivity contribution in [2.45, 2.75) is 25.8 Å². The Labute approximate surface area is 158 Å². The molecule has 0 saturated carbocycles. The zero-order chi connectivity index (χ0) is 18.6. The molecule has 0 aromatic heterocycles. The number of methoxy groups -OCH3 is 1. The summed E-state index contributed by atoms with van der Waals surface area (Å²) in [6.45, 7) is 2.89. The van der Waals surface area contributed by atoms with E-state index in [0.717, 1.165) is 16.0 Å². The lowest BCUT2D eigenvalue weighted by Gasteiger charge is -2.37. The Hall–Kier alpha value is -1.50. The van der Waals surface area contributed by atoms with Crippen molar-refractivity contribution in [1.82, 2.24) is 4.90 Å². The summed E-state index contributed by atoms with van der Waals surface area (Å²) < 4.78 is 4.84. The summed E-state index contributed by atoms with van der Waals surface area (Å²) in [6, 6.07) is 6.90. The molecule has 2 unspecified atom stereocenters. The van der Waals surface area contributed by atoms with Crippen molar-refractivity contribution in [1.29, 1.82) is 0 Å². The van der Waals surface area contributed by atoms with Crippen LogP contribution in [-0.2, 0) is 14.3 Å². The van der Waals surface area contributed by atoms with Gasteiger partial charge < -0.3 is 9.84 Å². The fourth-order valence-corrected chi connectivity index (χ4v) is 3.74. The van der Waals surface area contributed by atoms with E-state index < -0.39 is 11.9 Å². The highest BCUT2D eigenvalue weighted by atomic mass is 35.5. The van der Waals surface area contributed by atoms with Crippen LogP contribution in [0.15, 0.2) is 34.7 Å². The summed E-state index contributed by atoms with van der Waals surface area (Å²) >= 11 is 10.8. The first kappa shape index (κ1) is 19.8. The second-order valence-electron chi connectivity index (χ2n) is 6.07. The van der Waals surface area contributed by atoms with E-state index in [2.05, 4.69) is 12.6 Å². The Morgan fingerprint density at radius 3 is 2.68 bits per heavy atom. The standard InChI is InChI=1S/C18H22ClNO4S/c1-11(18(23)24-2)13-10-20(8-7-16(13)25)15(9-17(21)22)12-5-3-4-6-14(12)19/h3-6,11,15,25H,7-10H2,1-2H3,(H,21,22). The van der Waals surface area contributed by atoms with Crippen LogP contribution < -0.4 is 0 Å². The average Bonchev–Trinajstić information content (AvgIpc) is 2.59. The van der Waals surface area contributed by atoms with Gasteiger partial charge in [0, 0.05) is 24.2 Å². The minimum absolute atomic E-state index is 0.0640. The first-order chi connectivity index (χ1) is 11.8. The second-order valence-corrected chi connectivity index (χ2v) is 7.02. The molecule has 136 valence electrons. The van der Waals surface area contributed by atoms with Crippen molar-refractivity contribution in [3.8, 4) is 0 Å². The summed E-state index contributed by atoms with van der Waals surface area (Å²) in [4.78, 5) is 26.2. The number of carbonyl (C=O) groups excluding carboxylic acids is 1. The van der Waals surface area contributed by atoms with Gasteiger partial charge in [-0.1, -0.05) is 29.8 Å². The van der Waals surface area contributed by atoms with E-state index in [4.69, 9.17) is 16.3 Å². The SMILES string of the molecule is COC(=O)C(C)C1=C(S)CCN(C(CC(=O)O)c2ccccc2Cl)C1. The van der Waals surface area contributed by atoms with Crippen LogP contribution in [0.4, 0.5) is 0 Å². The number of carboxylic acids is 1. The molecule has 0 saturated heterocycles. The van der Waals surface area contributed by atoms with Crippen molar-refractivity contribution in [3.63, 3.8) is 0 Å². The van der Waals surface area contributed by atoms with Gasteiger partial charge in [-0.05, 0) is 35.5 Å². The van der Waals surface area contributed by atoms with Crippen LogP contribution >= 0.6 is 24.2 Å². The van der Waals surface area contributed by atoms with Crippen LogP contribution in [0.25, 0.3) is 0 Å². The number of hydrogen-bond acceptors (Lipinski definition) is 5. The van der Waals surface area contributed by atoms with Crippen LogP contribution in [-0.4, -0.2) is 42.1 Å². The third kappa shape index (κ3) is 4.77. The van der Waals surface area contributed by atoms with Crippen LogP contribution in [0.5, 0.6) is 0 Å². The van der Waals surface area contributed by atoms with Crippen molar-refractivity contribution in [3.05, 3.63) is 45.3 Å². The van der Waals surface area contributed by atoms with E-state index in [1.54, 1.807) is 13.0 Å². The minimum atomic E-state index is -0.895. The van der Waals surface area contributed by atoms with Crippen molar-refractivity contribution in [2.75, 3.05) is 20.2 Å². The fraction of sp³-hybridized carbons (Fsp3) is 0.444. The van der Waals surface area contributed by atoms with E-state index in [-0.39, 0.29) is 18.4 Å². The lowest BCUT2D eigenvalue weighted by atomic mass is 9.93. The Balaban J connectivity index is 2.32. The molecule has 5 nitrogen and oxygen atoms in total. The maximum atomic E-state index is 11.9. The fourth-order valence-electron chi connectivity index (χ4n) is 3.12. The van der Waals surface area contributed by atoms with Crippen LogP contribution in [0.2, 0.25) is 5.02 Å². The predicted molar refractivity (Wildman–Crippen MR) is 99.8 cm³/mol. The molecule has 1 N–H and O–H groups in total. The van der Waals surface area contributed by atoms with Gasteiger partial charge in [0.15, 0.2) is 0 Å². The molecule has 7 heteroatoms. The summed E-state index contributed by atoms with van der Waals surface area (Å²) in [5.41, 5.74) is 1.64. The van der Waals surface area contributed by atoms with E-state index in [9.17, 15) is 14.7 Å². The zero-order valence-corrected chi connectivity index (χ0v) is 15.9. The normalized spacial score (nSPS) is 17.9. The monoisotopic (exact) mass is 383 g/mol. The van der Waals surface area contributed by atoms with Crippen LogP contribution in [0, 0.1) is 5.92 Å². The molecule has 0 fully saturated rings. The number of thiol groups is 1. The van der Waals surface area contributed by atoms with Crippen molar-refractivity contribution < 1.29 is 19.4 Å². The number of carboxylic acid groups (broad SMARTS) is 1. The third-order valence-corrected chi connectivity index (χ3v) is 5.39. The van der Waals surface area contributed by atoms with Gasteiger partial charge >= 0.3 is 11.9 Å². The van der Waals surface area contributed by atoms with Gasteiger partial charge in [0.25, 0.3) is 0 Å². The highest BCUT2D eigenvalue weighted by molar-refractivity contribution is 7.84. The molecule has 1 aliphatic rings. The number of rotatable bonds is 6. The number of halogens is 1. The molecular weight excluding hydrogens is 362 g/mol. The Kier molecular flexibility index (Phi) is 6.93. The molecule has 2 atom stereocenters. The Bertz CT molecular complexity index is 691. The Morgan fingerprint density at radius 2 is 2.08 bits per heavy atom. The van der Waals surface area contributed by atoms with Gasteiger partial charge in [0.05, 0.1) is 19.4 Å². The van der Waals surface area contributed by atoms with Gasteiger partial charge in [-0.25, -0.2) is 0 Å². The molecule has 0 radical (unpaired) electrons. The number of hydrogen-bond donors (Lipinski definition) is 2. The summed E-state index contributed by atoms with van der Waals surface area (Å²) in [7, 11) is 1.36. The van der Waals surface area contributed by atoms with Crippen molar-refractivity contribution in [2.24, 2.45) is 5.92 Å². The molecule has 0 amide bonds. The maximum absolute atomic E-state index is 11.9. The highest BCUT2D eigenvalue weighted by Gasteiger charge is 2.32. The summed E-state index contributed by atoms with van der Waals surface area (Å²) in [6.07, 6.45) is 0.589. The number of carbonyl (C=O) groups is 2. The van der Waals surface area contributed by atoms with Gasteiger partial charge in [-0.2, -0.15) is 0 Å². The van der Waals surface area contributed by atoms with E-state index in [0.29, 0.717) is 24.5 Å². The number of ether oxygens (including phenoxy) is 1. The third-order valence-electron chi connectivity index (χ3n) is 4.53. The minimum Gasteiger partial charge on any atom is -0.481 e. The highest BCUT2D eigenvalue weighted by Crippen LogP contribution is 2.36. The number of benzene rings is 1. The number of aliphatic carboxylic acids is 1. The average molecular weight is 384 g/mol. The zero-order valence-electron chi connectivity index (χ0n) is 14.2. The van der Waals surface area contributed by atoms with Gasteiger partial charge in [-0.3, -0.25) is 14.5 Å². The van der Waals surface area contributed by atoms with Crippen molar-refractivity contribution >= 4 is 36.2 Å². The maximum Gasteiger partial charge on any atom is 0.312 e. The summed E-state index contributed by atoms with van der Waals surface area (Å²) in [5.74, 6) is -1.64. The molecule has 25 heavy (non-hydrogen) atoms. The van der Waals surface area contributed by atoms with E-state index >= 15 is 0 Å². The van der Waals surface area contributed by atoms with Gasteiger partial charge in [0.2, 0.25) is 0 Å². The quantitative estimate of drug-likeness (QED) is 0.580. The molecule has 0 spiro atoms. The molecule has 2 rings (SSSR count). The van der Waals surface area contributed by atoms with Crippen LogP contribution in [0.3, 0.4) is 0 Å². The van der Waals surface area contributed by atoms with Gasteiger partial charge in [0.1, 0.15) is 0 Å². The second kappa shape index (κ2) is 8.74. The summed E-state index contributed by atoms with van der Waals surface area (Å²) in [5, 5.41) is 9.89. The largest absolute Gasteiger partial charge is 0.481 e. The van der Waals surface area contributed by atoms with E-state index in [1.165, 1.54) is 7.11 Å². The lowest BCUT2D eigenvalue weighted by molar-refractivity contribution is -0.144. The first-order valence-electron chi connectivity index (χ1n) is 8.04. The molecule has 1 aromatic carbocycles. The molecule has 0 bridgehead atoms. The lowest BCUT2D eigenvalue weighted by Crippen LogP contribution is -2.38. The molecular formula is C18H22ClNO4S. The predicted octanol–water partition coefficient (Wildman–Crippen LogP) is 3.55. The number of esters is 1. The molecule has 1 aliphatic heterocycles. The first-order valence-corrected chi connectivity index (χ1v) is 8.86. The molecule has 0 aliphatic carbocycles. The topological polar surface area (TPSA) is 66.8 Å².